The Kier molecular flexibility index (Phi) is 27.6. The quantitative estimate of drug-likeness (QED) is 0.216. The summed E-state index contributed by atoms with van der Waals surface area (Å²) in [5.74, 6) is 1.08. The fourth-order valence-corrected chi connectivity index (χ4v) is 4.43. The molecule has 0 unspecified atom stereocenters. The van der Waals surface area contributed by atoms with Crippen LogP contribution in [0.5, 0.6) is 11.5 Å². The Balaban J connectivity index is -0.000000180. The van der Waals surface area contributed by atoms with E-state index in [0.29, 0.717) is 27.4 Å². The van der Waals surface area contributed by atoms with Crippen LogP contribution in [0.4, 0.5) is 5.69 Å². The minimum absolute atomic E-state index is 0. The van der Waals surface area contributed by atoms with E-state index < -0.39 is 0 Å². The predicted molar refractivity (Wildman–Crippen MR) is 237 cm³/mol. The average Bonchev–Trinajstić information content (AvgIpc) is 2.94. The third-order valence-electron chi connectivity index (χ3n) is 7.01. The summed E-state index contributed by atoms with van der Waals surface area (Å²) in [6.45, 7) is 28.1. The van der Waals surface area contributed by atoms with Gasteiger partial charge in [0.1, 0.15) is 11.5 Å². The third kappa shape index (κ3) is 22.9. The van der Waals surface area contributed by atoms with E-state index in [4.69, 9.17) is 16.3 Å². The van der Waals surface area contributed by atoms with Gasteiger partial charge in [0.25, 0.3) is 0 Å². The number of benzene rings is 4. The van der Waals surface area contributed by atoms with Crippen molar-refractivity contribution in [2.45, 2.75) is 149 Å². The predicted octanol–water partition coefficient (Wildman–Crippen LogP) is 15.7. The zero-order valence-electron chi connectivity index (χ0n) is 31.0. The average molecular weight is 727 g/mol. The molecule has 0 saturated carbocycles. The Bertz CT molecular complexity index is 1390. The molecule has 51 heavy (non-hydrogen) atoms. The lowest BCUT2D eigenvalue weighted by Gasteiger charge is -2.22. The summed E-state index contributed by atoms with van der Waals surface area (Å²) in [6.07, 6.45) is 0. The van der Waals surface area contributed by atoms with E-state index in [0.717, 1.165) is 11.3 Å². The summed E-state index contributed by atoms with van der Waals surface area (Å²) in [5, 5.41) is 13.3. The molecule has 0 spiro atoms. The molecule has 0 aliphatic rings. The molecule has 2 N–H and O–H groups in total. The highest BCUT2D eigenvalue weighted by Crippen LogP contribution is 2.29. The molecule has 0 amide bonds. The minimum atomic E-state index is 0. The van der Waals surface area contributed by atoms with Gasteiger partial charge in [0.2, 0.25) is 0 Å². The maximum absolute atomic E-state index is 9.31. The van der Waals surface area contributed by atoms with Crippen molar-refractivity contribution in [3.05, 3.63) is 124 Å². The van der Waals surface area contributed by atoms with Crippen LogP contribution in [-0.4, -0.2) is 17.8 Å². The van der Waals surface area contributed by atoms with E-state index in [1.807, 2.05) is 37.3 Å². The lowest BCUT2D eigenvalue weighted by molar-refractivity contribution is 0.415. The lowest BCUT2D eigenvalue weighted by Crippen LogP contribution is -2.25. The van der Waals surface area contributed by atoms with Gasteiger partial charge in [-0.25, -0.2) is 0 Å². The summed E-state index contributed by atoms with van der Waals surface area (Å²) < 4.78 is 5.07. The molecule has 0 aliphatic carbocycles. The Labute approximate surface area is 323 Å². The Morgan fingerprint density at radius 2 is 0.922 bits per heavy atom. The number of ether oxygens (including phenoxy) is 1. The molecule has 0 radical (unpaired) electrons. The van der Waals surface area contributed by atoms with Crippen molar-refractivity contribution in [1.29, 1.82) is 0 Å². The molecule has 4 heteroatoms. The van der Waals surface area contributed by atoms with Crippen molar-refractivity contribution < 1.29 is 9.84 Å². The number of methoxy groups -OCH3 is 1. The molecule has 0 aromatic heterocycles. The van der Waals surface area contributed by atoms with E-state index in [1.54, 1.807) is 13.2 Å². The molecule has 4 aromatic carbocycles. The molecular weight excluding hydrogens is 646 g/mol. The molecule has 0 atom stereocenters. The van der Waals surface area contributed by atoms with Crippen molar-refractivity contribution in [2.24, 2.45) is 0 Å². The summed E-state index contributed by atoms with van der Waals surface area (Å²) in [5.41, 5.74) is 6.80. The summed E-state index contributed by atoms with van der Waals surface area (Å²) in [6, 6.07) is 32.6. The molecule has 0 saturated heterocycles. The molecule has 0 heterocycles. The van der Waals surface area contributed by atoms with Gasteiger partial charge in [-0.3, -0.25) is 0 Å². The fraction of sp³-hybridized carbons (Fsp3) is 0.489. The van der Waals surface area contributed by atoms with Crippen LogP contribution in [0, 0.1) is 6.92 Å². The van der Waals surface area contributed by atoms with Crippen LogP contribution in [0.3, 0.4) is 0 Å². The van der Waals surface area contributed by atoms with Crippen LogP contribution in [0.1, 0.15) is 142 Å². The SMILES string of the molecule is C.C.C.C.C.CC(C)(C)c1ccccc1.CC(C)(C)c1ccccc1.COc1ccc(NC(C)(C)C)cc1Cl.Cc1cc(C(C)(C)C)ccc1O. The lowest BCUT2D eigenvalue weighted by atomic mass is 9.86. The molecular formula is C47H80ClNO2. The molecule has 3 nitrogen and oxygen atoms in total. The number of aromatic hydroxyl groups is 1. The van der Waals surface area contributed by atoms with Crippen LogP contribution in [0.25, 0.3) is 0 Å². The highest BCUT2D eigenvalue weighted by Gasteiger charge is 2.14. The van der Waals surface area contributed by atoms with E-state index in [1.165, 1.54) is 16.7 Å². The fourth-order valence-electron chi connectivity index (χ4n) is 4.18. The maximum Gasteiger partial charge on any atom is 0.137 e. The first kappa shape index (κ1) is 56.9. The van der Waals surface area contributed by atoms with E-state index in [2.05, 4.69) is 149 Å². The highest BCUT2D eigenvalue weighted by molar-refractivity contribution is 6.32. The molecule has 0 bridgehead atoms. The van der Waals surface area contributed by atoms with Crippen molar-refractivity contribution in [2.75, 3.05) is 12.4 Å². The van der Waals surface area contributed by atoms with Crippen LogP contribution in [0.15, 0.2) is 97.1 Å². The Morgan fingerprint density at radius 3 is 1.20 bits per heavy atom. The van der Waals surface area contributed by atoms with Crippen LogP contribution in [0.2, 0.25) is 5.02 Å². The zero-order chi connectivity index (χ0) is 35.3. The van der Waals surface area contributed by atoms with Crippen LogP contribution in [-0.2, 0) is 16.2 Å². The summed E-state index contributed by atoms with van der Waals surface area (Å²) >= 11 is 5.99. The van der Waals surface area contributed by atoms with Crippen LogP contribution < -0.4 is 10.1 Å². The van der Waals surface area contributed by atoms with Crippen molar-refractivity contribution in [3.8, 4) is 11.5 Å². The van der Waals surface area contributed by atoms with Gasteiger partial charge >= 0.3 is 0 Å². The van der Waals surface area contributed by atoms with Gasteiger partial charge in [-0.1, -0.05) is 184 Å². The number of phenols is 1. The smallest absolute Gasteiger partial charge is 0.137 e. The maximum atomic E-state index is 9.31. The van der Waals surface area contributed by atoms with Crippen molar-refractivity contribution in [3.63, 3.8) is 0 Å². The first-order valence-corrected chi connectivity index (χ1v) is 16.5. The number of hydrogen-bond donors (Lipinski definition) is 2. The second-order valence-corrected chi connectivity index (χ2v) is 16.1. The van der Waals surface area contributed by atoms with Gasteiger partial charge in [-0.15, -0.1) is 0 Å². The zero-order valence-corrected chi connectivity index (χ0v) is 31.7. The number of aryl methyl sites for hydroxylation is 1. The monoisotopic (exact) mass is 726 g/mol. The number of rotatable bonds is 2. The molecule has 292 valence electrons. The normalized spacial score (nSPS) is 10.3. The second-order valence-electron chi connectivity index (χ2n) is 15.7. The standard InChI is InChI=1S/C11H16ClNO.C11H16O.2C10H14.5CH4/c1-11(2,3)13-8-5-6-10(14-4)9(12)7-8;1-8-7-9(11(2,3)4)5-6-10(8)12;2*1-10(2,3)9-7-5-4-6-8-9;;;;;/h5-7,13H,1-4H3;5-7,12H,1-4H3;2*4-8H,1-3H3;5*1H4. The van der Waals surface area contributed by atoms with Gasteiger partial charge in [0.15, 0.2) is 0 Å². The van der Waals surface area contributed by atoms with Crippen molar-refractivity contribution in [1.82, 2.24) is 0 Å². The number of halogens is 1. The van der Waals surface area contributed by atoms with Crippen LogP contribution >= 0.6 is 11.6 Å². The summed E-state index contributed by atoms with van der Waals surface area (Å²) in [7, 11) is 1.61. The molecule has 4 rings (SSSR count). The van der Waals surface area contributed by atoms with Gasteiger partial charge in [-0.2, -0.15) is 0 Å². The van der Waals surface area contributed by atoms with Gasteiger partial charge < -0.3 is 15.2 Å². The number of anilines is 1. The number of hydrogen-bond acceptors (Lipinski definition) is 3. The Morgan fingerprint density at radius 1 is 0.529 bits per heavy atom. The number of nitrogens with one attached hydrogen (secondary N) is 1. The second kappa shape index (κ2) is 24.7. The van der Waals surface area contributed by atoms with Gasteiger partial charge in [0.05, 0.1) is 12.1 Å². The molecule has 0 fully saturated rings. The third-order valence-corrected chi connectivity index (χ3v) is 7.31. The first-order chi connectivity index (χ1) is 21.0. The van der Waals surface area contributed by atoms with Gasteiger partial charge in [0, 0.05) is 11.2 Å². The highest BCUT2D eigenvalue weighted by atomic mass is 35.5. The largest absolute Gasteiger partial charge is 0.508 e. The van der Waals surface area contributed by atoms with Crippen molar-refractivity contribution >= 4 is 17.3 Å². The molecule has 4 aromatic rings. The topological polar surface area (TPSA) is 41.5 Å². The number of phenolic OH excluding ortho intramolecular Hbond substituents is 1. The minimum Gasteiger partial charge on any atom is -0.508 e. The van der Waals surface area contributed by atoms with E-state index in [-0.39, 0.29) is 48.1 Å². The molecule has 0 aliphatic heterocycles. The van der Waals surface area contributed by atoms with E-state index >= 15 is 0 Å². The Hall–Kier alpha value is -3.43. The van der Waals surface area contributed by atoms with Gasteiger partial charge in [-0.05, 0) is 90.5 Å². The first-order valence-electron chi connectivity index (χ1n) is 16.1. The summed E-state index contributed by atoms with van der Waals surface area (Å²) in [4.78, 5) is 0. The van der Waals surface area contributed by atoms with E-state index in [9.17, 15) is 5.11 Å².